The lowest BCUT2D eigenvalue weighted by molar-refractivity contribution is 0.701. The lowest BCUT2D eigenvalue weighted by Gasteiger charge is -2.08. The number of fused-ring (bicyclic) bond motifs is 1. The van der Waals surface area contributed by atoms with Gasteiger partial charge in [0.1, 0.15) is 5.65 Å². The van der Waals surface area contributed by atoms with Crippen LogP contribution in [0.5, 0.6) is 0 Å². The fourth-order valence-corrected chi connectivity index (χ4v) is 2.92. The number of H-pyrrole nitrogens is 1. The Morgan fingerprint density at radius 2 is 1.78 bits per heavy atom. The molecule has 0 aliphatic rings. The lowest BCUT2D eigenvalue weighted by atomic mass is 10.2. The minimum atomic E-state index is -0.550. The Kier molecular flexibility index (Phi) is 3.69. The van der Waals surface area contributed by atoms with Crippen molar-refractivity contribution in [2.45, 2.75) is 6.54 Å². The average molecular weight is 355 g/mol. The Labute approximate surface area is 139 Å². The number of benzene rings is 1. The molecule has 0 aliphatic carbocycles. The summed E-state index contributed by atoms with van der Waals surface area (Å²) in [6.07, 6.45) is 0. The van der Waals surface area contributed by atoms with Crippen LogP contribution >= 0.6 is 23.2 Å². The smallest absolute Gasteiger partial charge is 0.291 e. The second kappa shape index (κ2) is 5.43. The Morgan fingerprint density at radius 1 is 1.09 bits per heavy atom. The van der Waals surface area contributed by atoms with Crippen molar-refractivity contribution in [2.75, 3.05) is 0 Å². The van der Waals surface area contributed by atoms with Crippen LogP contribution < -0.4 is 16.9 Å². The third kappa shape index (κ3) is 2.42. The SMILES string of the molecule is Cn1c(=O)c2c([nH]c(=O)n2Cc2ccc(Cl)cc2Cl)n(C)c1=O. The van der Waals surface area contributed by atoms with E-state index in [1.807, 2.05) is 0 Å². The van der Waals surface area contributed by atoms with Crippen molar-refractivity contribution in [3.8, 4) is 0 Å². The predicted octanol–water partition coefficient (Wildman–Crippen LogP) is 1.08. The summed E-state index contributed by atoms with van der Waals surface area (Å²) in [5, 5.41) is 0.865. The van der Waals surface area contributed by atoms with E-state index in [2.05, 4.69) is 4.98 Å². The van der Waals surface area contributed by atoms with Crippen molar-refractivity contribution < 1.29 is 0 Å². The van der Waals surface area contributed by atoms with Gasteiger partial charge in [0.2, 0.25) is 0 Å². The minimum Gasteiger partial charge on any atom is -0.291 e. The summed E-state index contributed by atoms with van der Waals surface area (Å²) in [6, 6.07) is 4.89. The quantitative estimate of drug-likeness (QED) is 0.747. The Balaban J connectivity index is 2.31. The highest BCUT2D eigenvalue weighted by Gasteiger charge is 2.17. The maximum atomic E-state index is 12.4. The fourth-order valence-electron chi connectivity index (χ4n) is 2.45. The second-order valence-corrected chi connectivity index (χ2v) is 6.00. The van der Waals surface area contributed by atoms with Crippen LogP contribution in [-0.4, -0.2) is 18.7 Å². The Hall–Kier alpha value is -2.25. The zero-order chi connectivity index (χ0) is 16.9. The fraction of sp³-hybridized carbons (Fsp3) is 0.214. The van der Waals surface area contributed by atoms with E-state index in [9.17, 15) is 14.4 Å². The van der Waals surface area contributed by atoms with Crippen molar-refractivity contribution in [3.05, 3.63) is 65.1 Å². The summed E-state index contributed by atoms with van der Waals surface area (Å²) in [7, 11) is 2.85. The molecule has 3 aromatic rings. The molecule has 7 nitrogen and oxygen atoms in total. The third-order valence-electron chi connectivity index (χ3n) is 3.72. The number of rotatable bonds is 2. The van der Waals surface area contributed by atoms with Crippen LogP contribution in [0, 0.1) is 0 Å². The van der Waals surface area contributed by atoms with Gasteiger partial charge in [-0.1, -0.05) is 29.3 Å². The van der Waals surface area contributed by atoms with Gasteiger partial charge in [0.25, 0.3) is 5.56 Å². The van der Waals surface area contributed by atoms with Crippen molar-refractivity contribution in [1.82, 2.24) is 18.7 Å². The first-order chi connectivity index (χ1) is 10.8. The van der Waals surface area contributed by atoms with Crippen LogP contribution in [0.3, 0.4) is 0 Å². The lowest BCUT2D eigenvalue weighted by Crippen LogP contribution is -2.37. The number of imidazole rings is 1. The number of hydrogen-bond donors (Lipinski definition) is 1. The largest absolute Gasteiger partial charge is 0.332 e. The molecule has 3 rings (SSSR count). The number of halogens is 2. The maximum absolute atomic E-state index is 12.4. The van der Waals surface area contributed by atoms with Crippen molar-refractivity contribution >= 4 is 34.4 Å². The first-order valence-electron chi connectivity index (χ1n) is 6.63. The summed E-state index contributed by atoms with van der Waals surface area (Å²) in [4.78, 5) is 39.1. The first kappa shape index (κ1) is 15.6. The highest BCUT2D eigenvalue weighted by Crippen LogP contribution is 2.22. The van der Waals surface area contributed by atoms with Gasteiger partial charge >= 0.3 is 11.4 Å². The topological polar surface area (TPSA) is 81.8 Å². The molecule has 2 aromatic heterocycles. The van der Waals surface area contributed by atoms with E-state index in [4.69, 9.17) is 23.2 Å². The Bertz CT molecular complexity index is 1100. The highest BCUT2D eigenvalue weighted by molar-refractivity contribution is 6.35. The molecular weight excluding hydrogens is 343 g/mol. The molecule has 0 radical (unpaired) electrons. The molecule has 1 N–H and O–H groups in total. The normalized spacial score (nSPS) is 11.3. The van der Waals surface area contributed by atoms with Crippen LogP contribution in [-0.2, 0) is 20.6 Å². The van der Waals surface area contributed by atoms with Gasteiger partial charge in [-0.25, -0.2) is 9.59 Å². The van der Waals surface area contributed by atoms with Gasteiger partial charge in [-0.2, -0.15) is 0 Å². The van der Waals surface area contributed by atoms with Crippen molar-refractivity contribution in [3.63, 3.8) is 0 Å². The maximum Gasteiger partial charge on any atom is 0.332 e. The van der Waals surface area contributed by atoms with Crippen molar-refractivity contribution in [1.29, 1.82) is 0 Å². The van der Waals surface area contributed by atoms with Crippen LogP contribution in [0.4, 0.5) is 0 Å². The van der Waals surface area contributed by atoms with Gasteiger partial charge in [-0.05, 0) is 17.7 Å². The van der Waals surface area contributed by atoms with Gasteiger partial charge in [0.15, 0.2) is 5.52 Å². The van der Waals surface area contributed by atoms with Gasteiger partial charge in [-0.15, -0.1) is 0 Å². The third-order valence-corrected chi connectivity index (χ3v) is 4.31. The number of hydrogen-bond acceptors (Lipinski definition) is 3. The van der Waals surface area contributed by atoms with Gasteiger partial charge in [-0.3, -0.25) is 23.5 Å². The van der Waals surface area contributed by atoms with Crippen LogP contribution in [0.1, 0.15) is 5.56 Å². The highest BCUT2D eigenvalue weighted by atomic mass is 35.5. The summed E-state index contributed by atoms with van der Waals surface area (Å²) in [5.74, 6) is 0. The average Bonchev–Trinajstić information content (AvgIpc) is 2.83. The number of nitrogens with one attached hydrogen (secondary N) is 1. The van der Waals surface area contributed by atoms with Gasteiger partial charge < -0.3 is 0 Å². The summed E-state index contributed by atoms with van der Waals surface area (Å²) in [5.41, 5.74) is -0.634. The van der Waals surface area contributed by atoms with Crippen LogP contribution in [0.15, 0.2) is 32.6 Å². The van der Waals surface area contributed by atoms with E-state index in [-0.39, 0.29) is 17.7 Å². The summed E-state index contributed by atoms with van der Waals surface area (Å²) >= 11 is 12.0. The zero-order valence-electron chi connectivity index (χ0n) is 12.3. The van der Waals surface area contributed by atoms with E-state index < -0.39 is 16.9 Å². The van der Waals surface area contributed by atoms with E-state index in [0.717, 1.165) is 4.57 Å². The molecule has 9 heteroatoms. The monoisotopic (exact) mass is 354 g/mol. The standard InChI is InChI=1S/C14H12Cl2N4O3/c1-18-11-10(12(21)19(2)14(18)23)20(13(22)17-11)6-7-3-4-8(15)5-9(7)16/h3-5H,6H2,1-2H3,(H,17,22). The predicted molar refractivity (Wildman–Crippen MR) is 88.6 cm³/mol. The molecule has 2 heterocycles. The first-order valence-corrected chi connectivity index (χ1v) is 7.39. The minimum absolute atomic E-state index is 0.0856. The molecule has 23 heavy (non-hydrogen) atoms. The molecule has 120 valence electrons. The molecule has 1 aromatic carbocycles. The molecule has 0 bridgehead atoms. The second-order valence-electron chi connectivity index (χ2n) is 5.16. The molecule has 0 fully saturated rings. The molecule has 0 unspecified atom stereocenters. The Morgan fingerprint density at radius 3 is 2.43 bits per heavy atom. The summed E-state index contributed by atoms with van der Waals surface area (Å²) in [6.45, 7) is 0.0856. The van der Waals surface area contributed by atoms with Crippen LogP contribution in [0.25, 0.3) is 11.2 Å². The molecule has 0 spiro atoms. The van der Waals surface area contributed by atoms with E-state index in [1.165, 1.54) is 23.2 Å². The number of aromatic amines is 1. The molecular formula is C14H12Cl2N4O3. The van der Waals surface area contributed by atoms with Crippen molar-refractivity contribution in [2.24, 2.45) is 14.1 Å². The molecule has 0 amide bonds. The summed E-state index contributed by atoms with van der Waals surface area (Å²) < 4.78 is 3.43. The van der Waals surface area contributed by atoms with Gasteiger partial charge in [0, 0.05) is 24.1 Å². The van der Waals surface area contributed by atoms with E-state index in [1.54, 1.807) is 18.2 Å². The molecule has 0 saturated heterocycles. The van der Waals surface area contributed by atoms with E-state index >= 15 is 0 Å². The van der Waals surface area contributed by atoms with E-state index in [0.29, 0.717) is 15.6 Å². The van der Waals surface area contributed by atoms with Gasteiger partial charge in [0.05, 0.1) is 6.54 Å². The molecule has 0 saturated carbocycles. The number of aromatic nitrogens is 4. The number of nitrogens with zero attached hydrogens (tertiary/aromatic N) is 3. The molecule has 0 atom stereocenters. The number of aryl methyl sites for hydroxylation is 1. The van der Waals surface area contributed by atoms with Crippen LogP contribution in [0.2, 0.25) is 10.0 Å². The molecule has 0 aliphatic heterocycles. The zero-order valence-corrected chi connectivity index (χ0v) is 13.8.